The molecule has 15 heteroatoms. The van der Waals surface area contributed by atoms with Crippen molar-refractivity contribution in [3.8, 4) is 17.1 Å². The van der Waals surface area contributed by atoms with Crippen LogP contribution in [0.5, 0.6) is 5.75 Å². The summed E-state index contributed by atoms with van der Waals surface area (Å²) in [5, 5.41) is 9.78. The van der Waals surface area contributed by atoms with Crippen LogP contribution in [0.25, 0.3) is 11.4 Å². The van der Waals surface area contributed by atoms with Gasteiger partial charge in [-0.05, 0) is 60.0 Å². The number of halogens is 3. The lowest BCUT2D eigenvalue weighted by atomic mass is 10.0. The molecule has 0 aliphatic carbocycles. The summed E-state index contributed by atoms with van der Waals surface area (Å²) < 4.78 is 42.8. The van der Waals surface area contributed by atoms with Crippen molar-refractivity contribution in [2.75, 3.05) is 21.3 Å². The molecule has 45 heavy (non-hydrogen) atoms. The molecule has 2 heterocycles. The number of carbonyl (C=O) groups excluding carboxylic acids is 3. The summed E-state index contributed by atoms with van der Waals surface area (Å²) in [4.78, 5) is 48.1. The summed E-state index contributed by atoms with van der Waals surface area (Å²) in [5.74, 6) is -0.766. The number of hydrogen-bond acceptors (Lipinski definition) is 7. The van der Waals surface area contributed by atoms with Crippen LogP contribution in [-0.2, 0) is 11.8 Å². The Morgan fingerprint density at radius 3 is 2.47 bits per heavy atom. The third-order valence-electron chi connectivity index (χ3n) is 6.47. The van der Waals surface area contributed by atoms with Crippen molar-refractivity contribution in [1.82, 2.24) is 14.8 Å². The van der Waals surface area contributed by atoms with E-state index in [1.807, 2.05) is 38.1 Å². The molecule has 1 aromatic heterocycles. The van der Waals surface area contributed by atoms with E-state index in [4.69, 9.17) is 0 Å². The molecule has 0 unspecified atom stereocenters. The summed E-state index contributed by atoms with van der Waals surface area (Å²) >= 11 is 1.19. The highest BCUT2D eigenvalue weighted by Gasteiger charge is 2.33. The molecule has 1 aliphatic rings. The van der Waals surface area contributed by atoms with Crippen molar-refractivity contribution in [3.63, 3.8) is 0 Å². The van der Waals surface area contributed by atoms with Gasteiger partial charge in [-0.15, -0.1) is 18.3 Å². The van der Waals surface area contributed by atoms with E-state index in [1.165, 1.54) is 40.5 Å². The van der Waals surface area contributed by atoms with Crippen molar-refractivity contribution >= 4 is 52.1 Å². The van der Waals surface area contributed by atoms with Gasteiger partial charge in [0.15, 0.2) is 11.0 Å². The van der Waals surface area contributed by atoms with Gasteiger partial charge in [0, 0.05) is 23.9 Å². The normalized spacial score (nSPS) is 14.2. The van der Waals surface area contributed by atoms with Gasteiger partial charge in [0.25, 0.3) is 5.91 Å². The molecule has 0 bridgehead atoms. The largest absolute Gasteiger partial charge is 0.573 e. The van der Waals surface area contributed by atoms with Crippen molar-refractivity contribution < 1.29 is 32.3 Å². The van der Waals surface area contributed by atoms with Crippen LogP contribution in [0.1, 0.15) is 35.7 Å². The maximum Gasteiger partial charge on any atom is 0.573 e. The number of benzene rings is 3. The standard InChI is InChI=1S/C30H26F3N7O4S/c1-17(2)22-9-4-5-10-23(22)40-24(41)16-45-29(40)37-28(43)34-20-13-11-18(12-14-20)25-35-27(39(3)38-25)36-26(42)19-7-6-8-21(15-19)44-30(31,32)33/h4-15,17H,16H2,1-3H3,(H,34,43)(H,35,36,38,42)/b37-29-. The van der Waals surface area contributed by atoms with Gasteiger partial charge in [0.1, 0.15) is 5.75 Å². The summed E-state index contributed by atoms with van der Waals surface area (Å²) in [6.45, 7) is 4.05. The molecule has 5 rings (SSSR count). The molecule has 0 atom stereocenters. The summed E-state index contributed by atoms with van der Waals surface area (Å²) in [5.41, 5.74) is 2.58. The van der Waals surface area contributed by atoms with Gasteiger partial charge in [-0.3, -0.25) is 19.8 Å². The van der Waals surface area contributed by atoms with Crippen LogP contribution in [0.4, 0.5) is 35.3 Å². The van der Waals surface area contributed by atoms with Crippen LogP contribution in [0.3, 0.4) is 0 Å². The molecule has 1 aliphatic heterocycles. The number of amidine groups is 1. The number of aromatic nitrogens is 3. The number of carbonyl (C=O) groups is 3. The van der Waals surface area contributed by atoms with E-state index in [9.17, 15) is 27.6 Å². The van der Waals surface area contributed by atoms with Crippen LogP contribution in [0.15, 0.2) is 77.8 Å². The molecular formula is C30H26F3N7O4S. The van der Waals surface area contributed by atoms with Gasteiger partial charge in [0.05, 0.1) is 11.4 Å². The second-order valence-corrected chi connectivity index (χ2v) is 11.0. The van der Waals surface area contributed by atoms with E-state index in [0.717, 1.165) is 17.7 Å². The Kier molecular flexibility index (Phi) is 8.90. The summed E-state index contributed by atoms with van der Waals surface area (Å²) in [6.07, 6.45) is -4.89. The lowest BCUT2D eigenvalue weighted by molar-refractivity contribution is -0.274. The molecule has 2 N–H and O–H groups in total. The lowest BCUT2D eigenvalue weighted by Gasteiger charge is -2.21. The van der Waals surface area contributed by atoms with Crippen molar-refractivity contribution in [3.05, 3.63) is 83.9 Å². The fourth-order valence-electron chi connectivity index (χ4n) is 4.43. The van der Waals surface area contributed by atoms with Crippen molar-refractivity contribution in [2.24, 2.45) is 12.0 Å². The number of thioether (sulfide) groups is 1. The number of anilines is 3. The van der Waals surface area contributed by atoms with Crippen LogP contribution < -0.4 is 20.3 Å². The zero-order valence-electron chi connectivity index (χ0n) is 24.1. The molecule has 0 spiro atoms. The molecule has 1 fully saturated rings. The first-order valence-electron chi connectivity index (χ1n) is 13.5. The third-order valence-corrected chi connectivity index (χ3v) is 7.40. The minimum atomic E-state index is -4.89. The quantitative estimate of drug-likeness (QED) is 0.239. The average molecular weight is 638 g/mol. The first kappa shape index (κ1) is 31.3. The van der Waals surface area contributed by atoms with E-state index < -0.39 is 24.1 Å². The SMILES string of the molecule is CC(C)c1ccccc1N1C(=O)CS/C1=N\C(=O)Nc1ccc(-c2nc(NC(=O)c3cccc(OC(F)(F)F)c3)n(C)n2)cc1. The molecule has 4 amide bonds. The van der Waals surface area contributed by atoms with Crippen LogP contribution in [-0.4, -0.2) is 49.9 Å². The van der Waals surface area contributed by atoms with Crippen LogP contribution in [0.2, 0.25) is 0 Å². The third kappa shape index (κ3) is 7.49. The summed E-state index contributed by atoms with van der Waals surface area (Å²) in [7, 11) is 1.54. The Morgan fingerprint density at radius 2 is 1.76 bits per heavy atom. The predicted molar refractivity (Wildman–Crippen MR) is 164 cm³/mol. The van der Waals surface area contributed by atoms with Gasteiger partial charge < -0.3 is 10.1 Å². The van der Waals surface area contributed by atoms with Gasteiger partial charge in [-0.1, -0.05) is 49.9 Å². The number of amides is 4. The van der Waals surface area contributed by atoms with Gasteiger partial charge in [0.2, 0.25) is 11.9 Å². The molecule has 0 saturated carbocycles. The second kappa shape index (κ2) is 12.8. The Bertz CT molecular complexity index is 1790. The predicted octanol–water partition coefficient (Wildman–Crippen LogP) is 6.42. The number of aryl methyl sites for hydroxylation is 1. The Labute approximate surface area is 259 Å². The monoisotopic (exact) mass is 637 g/mol. The minimum Gasteiger partial charge on any atom is -0.406 e. The molecule has 11 nitrogen and oxygen atoms in total. The number of ether oxygens (including phenoxy) is 1. The second-order valence-electron chi connectivity index (χ2n) is 10.0. The Morgan fingerprint density at radius 1 is 1.02 bits per heavy atom. The fraction of sp³-hybridized carbons (Fsp3) is 0.200. The Balaban J connectivity index is 1.25. The van der Waals surface area contributed by atoms with Gasteiger partial charge in [-0.2, -0.15) is 9.98 Å². The maximum atomic E-state index is 12.8. The first-order chi connectivity index (χ1) is 21.4. The topological polar surface area (TPSA) is 131 Å². The van der Waals surface area contributed by atoms with Gasteiger partial charge in [-0.25, -0.2) is 9.48 Å². The van der Waals surface area contributed by atoms with E-state index in [2.05, 4.69) is 30.4 Å². The summed E-state index contributed by atoms with van der Waals surface area (Å²) in [6, 6.07) is 18.0. The fourth-order valence-corrected chi connectivity index (χ4v) is 5.28. The zero-order chi connectivity index (χ0) is 32.3. The molecule has 0 radical (unpaired) electrons. The number of nitrogens with one attached hydrogen (secondary N) is 2. The number of para-hydroxylation sites is 1. The lowest BCUT2D eigenvalue weighted by Crippen LogP contribution is -2.31. The van der Waals surface area contributed by atoms with E-state index in [-0.39, 0.29) is 40.1 Å². The van der Waals surface area contributed by atoms with E-state index in [1.54, 1.807) is 24.3 Å². The molecule has 3 aromatic carbocycles. The maximum absolute atomic E-state index is 12.8. The minimum absolute atomic E-state index is 0.0533. The highest BCUT2D eigenvalue weighted by molar-refractivity contribution is 8.15. The van der Waals surface area contributed by atoms with E-state index in [0.29, 0.717) is 16.9 Å². The molecular weight excluding hydrogens is 611 g/mol. The van der Waals surface area contributed by atoms with E-state index >= 15 is 0 Å². The Hall–Kier alpha value is -5.18. The van der Waals surface area contributed by atoms with Crippen molar-refractivity contribution in [1.29, 1.82) is 0 Å². The van der Waals surface area contributed by atoms with Crippen molar-refractivity contribution in [2.45, 2.75) is 26.1 Å². The number of nitrogens with zero attached hydrogens (tertiary/aromatic N) is 5. The zero-order valence-corrected chi connectivity index (χ0v) is 24.9. The first-order valence-corrected chi connectivity index (χ1v) is 14.5. The van der Waals surface area contributed by atoms with Gasteiger partial charge >= 0.3 is 12.4 Å². The number of rotatable bonds is 7. The number of alkyl halides is 3. The highest BCUT2D eigenvalue weighted by atomic mass is 32.2. The van der Waals surface area contributed by atoms with Crippen LogP contribution >= 0.6 is 11.8 Å². The molecule has 4 aromatic rings. The average Bonchev–Trinajstić information content (AvgIpc) is 3.53. The highest BCUT2D eigenvalue weighted by Crippen LogP contribution is 2.33. The number of hydrogen-bond donors (Lipinski definition) is 2. The number of aliphatic imine (C=N–C) groups is 1. The number of urea groups is 1. The molecule has 1 saturated heterocycles. The molecule has 232 valence electrons. The smallest absolute Gasteiger partial charge is 0.406 e. The van der Waals surface area contributed by atoms with Crippen LogP contribution in [0, 0.1) is 0 Å².